The molecule has 1 aromatic heterocycles. The molecule has 1 aromatic rings. The maximum atomic E-state index is 12.2. The summed E-state index contributed by atoms with van der Waals surface area (Å²) in [6.07, 6.45) is 0.860. The van der Waals surface area contributed by atoms with E-state index in [1.54, 1.807) is 6.07 Å². The first kappa shape index (κ1) is 16.4. The molecular formula is C13H20N2O4S2. The Labute approximate surface area is 128 Å². The number of rotatable bonds is 7. The van der Waals surface area contributed by atoms with Gasteiger partial charge in [0.25, 0.3) is 0 Å². The number of thiophene rings is 1. The van der Waals surface area contributed by atoms with E-state index in [0.29, 0.717) is 17.3 Å². The zero-order chi connectivity index (χ0) is 15.5. The van der Waals surface area contributed by atoms with Crippen LogP contribution in [0.5, 0.6) is 0 Å². The number of hydrogen-bond donors (Lipinski definition) is 2. The summed E-state index contributed by atoms with van der Waals surface area (Å²) in [6.45, 7) is 5.47. The molecule has 0 spiro atoms. The normalized spacial score (nSPS) is 20.0. The number of likely N-dealkylation sites (tertiary alicyclic amines) is 1. The molecular weight excluding hydrogens is 312 g/mol. The number of hydrogen-bond acceptors (Lipinski definition) is 5. The van der Waals surface area contributed by atoms with Crippen molar-refractivity contribution >= 4 is 27.3 Å². The van der Waals surface area contributed by atoms with Crippen LogP contribution in [0.25, 0.3) is 0 Å². The Hall–Kier alpha value is -0.960. The van der Waals surface area contributed by atoms with Gasteiger partial charge in [0.2, 0.25) is 10.0 Å². The van der Waals surface area contributed by atoms with Crippen molar-refractivity contribution in [3.63, 3.8) is 0 Å². The molecule has 1 aliphatic heterocycles. The van der Waals surface area contributed by atoms with Crippen LogP contribution in [-0.4, -0.2) is 50.6 Å². The maximum absolute atomic E-state index is 12.2. The molecule has 2 N–H and O–H groups in total. The molecule has 118 valence electrons. The van der Waals surface area contributed by atoms with Gasteiger partial charge < -0.3 is 10.0 Å². The molecule has 1 atom stereocenters. The number of carbonyl (C=O) groups is 1. The van der Waals surface area contributed by atoms with Crippen LogP contribution in [0.3, 0.4) is 0 Å². The number of nitrogens with zero attached hydrogens (tertiary/aromatic N) is 1. The Kier molecular flexibility index (Phi) is 5.37. The van der Waals surface area contributed by atoms with E-state index >= 15 is 0 Å². The van der Waals surface area contributed by atoms with Gasteiger partial charge >= 0.3 is 5.97 Å². The summed E-state index contributed by atoms with van der Waals surface area (Å²) >= 11 is 1.01. The molecule has 1 unspecified atom stereocenters. The number of sulfonamides is 1. The van der Waals surface area contributed by atoms with Crippen molar-refractivity contribution < 1.29 is 18.3 Å². The van der Waals surface area contributed by atoms with Crippen molar-refractivity contribution in [2.75, 3.05) is 26.2 Å². The van der Waals surface area contributed by atoms with Crippen LogP contribution in [0.1, 0.15) is 18.2 Å². The number of carboxylic acids is 1. The van der Waals surface area contributed by atoms with Gasteiger partial charge in [-0.05, 0) is 37.6 Å². The highest BCUT2D eigenvalue weighted by Gasteiger charge is 2.24. The second-order valence-corrected chi connectivity index (χ2v) is 8.35. The van der Waals surface area contributed by atoms with E-state index in [0.717, 1.165) is 37.4 Å². The summed E-state index contributed by atoms with van der Waals surface area (Å²) in [5.41, 5.74) is 0. The highest BCUT2D eigenvalue weighted by atomic mass is 32.2. The van der Waals surface area contributed by atoms with Gasteiger partial charge in [0.05, 0.1) is 6.42 Å². The van der Waals surface area contributed by atoms with Crippen molar-refractivity contribution in [3.8, 4) is 0 Å². The van der Waals surface area contributed by atoms with E-state index in [1.165, 1.54) is 6.07 Å². The largest absolute Gasteiger partial charge is 0.481 e. The average Bonchev–Trinajstić information content (AvgIpc) is 3.04. The fraction of sp³-hybridized carbons (Fsp3) is 0.615. The fourth-order valence-electron chi connectivity index (χ4n) is 2.41. The predicted octanol–water partition coefficient (Wildman–Crippen LogP) is 0.995. The third-order valence-corrected chi connectivity index (χ3v) is 6.61. The van der Waals surface area contributed by atoms with Gasteiger partial charge in [-0.2, -0.15) is 0 Å². The van der Waals surface area contributed by atoms with Crippen LogP contribution in [0.4, 0.5) is 0 Å². The second-order valence-electron chi connectivity index (χ2n) is 5.19. The lowest BCUT2D eigenvalue weighted by atomic mass is 10.1. The van der Waals surface area contributed by atoms with Gasteiger partial charge in [-0.1, -0.05) is 6.92 Å². The van der Waals surface area contributed by atoms with Gasteiger partial charge in [0.15, 0.2) is 0 Å². The first-order valence-electron chi connectivity index (χ1n) is 6.93. The Morgan fingerprint density at radius 1 is 1.52 bits per heavy atom. The zero-order valence-electron chi connectivity index (χ0n) is 11.9. The van der Waals surface area contributed by atoms with E-state index in [4.69, 9.17) is 5.11 Å². The third kappa shape index (κ3) is 4.50. The molecule has 6 nitrogen and oxygen atoms in total. The molecule has 1 aliphatic rings. The lowest BCUT2D eigenvalue weighted by Gasteiger charge is -2.13. The first-order valence-corrected chi connectivity index (χ1v) is 9.23. The molecule has 2 heterocycles. The molecule has 0 aromatic carbocycles. The van der Waals surface area contributed by atoms with Gasteiger partial charge in [-0.3, -0.25) is 4.79 Å². The summed E-state index contributed by atoms with van der Waals surface area (Å²) in [7, 11) is -3.53. The summed E-state index contributed by atoms with van der Waals surface area (Å²) in [5.74, 6) is -0.613. The van der Waals surface area contributed by atoms with Crippen molar-refractivity contribution in [2.24, 2.45) is 5.92 Å². The van der Waals surface area contributed by atoms with Crippen LogP contribution in [0.15, 0.2) is 16.3 Å². The van der Waals surface area contributed by atoms with Gasteiger partial charge in [0.1, 0.15) is 4.21 Å². The van der Waals surface area contributed by atoms with E-state index in [1.807, 2.05) is 0 Å². The molecule has 0 aliphatic carbocycles. The van der Waals surface area contributed by atoms with Crippen LogP contribution in [0, 0.1) is 5.92 Å². The zero-order valence-corrected chi connectivity index (χ0v) is 13.5. The van der Waals surface area contributed by atoms with E-state index in [2.05, 4.69) is 16.5 Å². The van der Waals surface area contributed by atoms with Crippen molar-refractivity contribution in [3.05, 3.63) is 17.0 Å². The van der Waals surface area contributed by atoms with Gasteiger partial charge in [-0.15, -0.1) is 11.3 Å². The number of nitrogens with one attached hydrogen (secondary N) is 1. The summed E-state index contributed by atoms with van der Waals surface area (Å²) in [6, 6.07) is 3.03. The molecule has 1 fully saturated rings. The number of carboxylic acid groups (broad SMARTS) is 1. The van der Waals surface area contributed by atoms with Crippen molar-refractivity contribution in [2.45, 2.75) is 24.0 Å². The van der Waals surface area contributed by atoms with Crippen molar-refractivity contribution in [1.29, 1.82) is 0 Å². The SMILES string of the molecule is CCN1CCC(CNS(=O)(=O)c2ccc(CC(=O)O)s2)C1. The summed E-state index contributed by atoms with van der Waals surface area (Å²) in [4.78, 5) is 13.5. The smallest absolute Gasteiger partial charge is 0.308 e. The summed E-state index contributed by atoms with van der Waals surface area (Å²) in [5, 5.41) is 8.71. The van der Waals surface area contributed by atoms with Crippen LogP contribution >= 0.6 is 11.3 Å². The minimum absolute atomic E-state index is 0.145. The minimum Gasteiger partial charge on any atom is -0.481 e. The Morgan fingerprint density at radius 2 is 2.29 bits per heavy atom. The van der Waals surface area contributed by atoms with Crippen LogP contribution in [-0.2, 0) is 21.2 Å². The highest BCUT2D eigenvalue weighted by molar-refractivity contribution is 7.91. The maximum Gasteiger partial charge on any atom is 0.308 e. The molecule has 0 radical (unpaired) electrons. The van der Waals surface area contributed by atoms with E-state index < -0.39 is 16.0 Å². The predicted molar refractivity (Wildman–Crippen MR) is 81.1 cm³/mol. The van der Waals surface area contributed by atoms with Crippen LogP contribution < -0.4 is 4.72 Å². The van der Waals surface area contributed by atoms with E-state index in [-0.39, 0.29) is 10.6 Å². The molecule has 0 bridgehead atoms. The topological polar surface area (TPSA) is 86.7 Å². The molecule has 21 heavy (non-hydrogen) atoms. The lowest BCUT2D eigenvalue weighted by molar-refractivity contribution is -0.136. The first-order chi connectivity index (χ1) is 9.90. The van der Waals surface area contributed by atoms with Gasteiger partial charge in [0, 0.05) is 18.0 Å². The molecule has 0 amide bonds. The quantitative estimate of drug-likeness (QED) is 0.778. The Morgan fingerprint density at radius 3 is 2.90 bits per heavy atom. The monoisotopic (exact) mass is 332 g/mol. The summed E-state index contributed by atoms with van der Waals surface area (Å²) < 4.78 is 27.2. The van der Waals surface area contributed by atoms with Gasteiger partial charge in [-0.25, -0.2) is 13.1 Å². The van der Waals surface area contributed by atoms with E-state index in [9.17, 15) is 13.2 Å². The van der Waals surface area contributed by atoms with Crippen LogP contribution in [0.2, 0.25) is 0 Å². The highest BCUT2D eigenvalue weighted by Crippen LogP contribution is 2.22. The number of aliphatic carboxylic acids is 1. The molecule has 8 heteroatoms. The van der Waals surface area contributed by atoms with Crippen molar-refractivity contribution in [1.82, 2.24) is 9.62 Å². The molecule has 1 saturated heterocycles. The lowest BCUT2D eigenvalue weighted by Crippen LogP contribution is -2.30. The molecule has 2 rings (SSSR count). The third-order valence-electron chi connectivity index (χ3n) is 3.61. The molecule has 0 saturated carbocycles. The minimum atomic E-state index is -3.53. The Balaban J connectivity index is 1.92. The average molecular weight is 332 g/mol. The standard InChI is InChI=1S/C13H20N2O4S2/c1-2-15-6-5-10(9-15)8-14-21(18,19)13-4-3-11(20-13)7-12(16)17/h3-4,10,14H,2,5-9H2,1H3,(H,16,17). The Bertz CT molecular complexity index is 597. The fourth-order valence-corrected chi connectivity index (χ4v) is 4.92. The second kappa shape index (κ2) is 6.87.